The first-order valence-corrected chi connectivity index (χ1v) is 8.13. The molecule has 0 spiro atoms. The third-order valence-corrected chi connectivity index (χ3v) is 4.10. The Hall–Kier alpha value is -2.47. The fraction of sp³-hybridized carbons (Fsp3) is 0.176. The summed E-state index contributed by atoms with van der Waals surface area (Å²) in [5, 5.41) is 6.61. The Labute approximate surface area is 137 Å². The van der Waals surface area contributed by atoms with Crippen LogP contribution in [0.3, 0.4) is 0 Å². The fourth-order valence-corrected chi connectivity index (χ4v) is 3.04. The molecule has 23 heavy (non-hydrogen) atoms. The van der Waals surface area contributed by atoms with Crippen molar-refractivity contribution in [1.29, 1.82) is 0 Å². The molecule has 6 heteroatoms. The summed E-state index contributed by atoms with van der Waals surface area (Å²) in [5.41, 5.74) is 2.50. The van der Waals surface area contributed by atoms with Crippen molar-refractivity contribution in [2.24, 2.45) is 10.1 Å². The van der Waals surface area contributed by atoms with Crippen LogP contribution < -0.4 is 4.80 Å². The highest BCUT2D eigenvalue weighted by molar-refractivity contribution is 7.07. The van der Waals surface area contributed by atoms with Gasteiger partial charge >= 0.3 is 0 Å². The zero-order valence-electron chi connectivity index (χ0n) is 12.9. The maximum Gasteiger partial charge on any atom is 0.206 e. The average Bonchev–Trinajstić information content (AvgIpc) is 3.20. The molecule has 0 N–H and O–H groups in total. The Morgan fingerprint density at radius 2 is 2.04 bits per heavy atom. The van der Waals surface area contributed by atoms with Crippen LogP contribution in [0.5, 0.6) is 0 Å². The second-order valence-corrected chi connectivity index (χ2v) is 5.70. The lowest BCUT2D eigenvalue weighted by Crippen LogP contribution is -2.14. The van der Waals surface area contributed by atoms with E-state index < -0.39 is 0 Å². The van der Waals surface area contributed by atoms with Crippen LogP contribution in [0.15, 0.2) is 62.6 Å². The number of aromatic nitrogens is 1. The maximum atomic E-state index is 13.2. The molecule has 0 atom stereocenters. The number of hydrogen-bond acceptors (Lipinski definition) is 4. The summed E-state index contributed by atoms with van der Waals surface area (Å²) in [6.07, 6.45) is 1.62. The van der Waals surface area contributed by atoms with Gasteiger partial charge in [0.05, 0.1) is 12.0 Å². The van der Waals surface area contributed by atoms with Gasteiger partial charge in [-0.15, -0.1) is 11.3 Å². The Morgan fingerprint density at radius 3 is 2.70 bits per heavy atom. The lowest BCUT2D eigenvalue weighted by atomic mass is 10.2. The Balaban J connectivity index is 2.14. The summed E-state index contributed by atoms with van der Waals surface area (Å²) in [4.78, 5) is 5.26. The first-order valence-electron chi connectivity index (χ1n) is 7.25. The van der Waals surface area contributed by atoms with E-state index in [1.54, 1.807) is 23.1 Å². The smallest absolute Gasteiger partial charge is 0.206 e. The van der Waals surface area contributed by atoms with Gasteiger partial charge in [-0.3, -0.25) is 4.99 Å². The highest BCUT2D eigenvalue weighted by Gasteiger charge is 2.09. The van der Waals surface area contributed by atoms with E-state index in [1.807, 2.05) is 31.4 Å². The minimum atomic E-state index is -0.260. The quantitative estimate of drug-likeness (QED) is 0.663. The molecule has 0 fully saturated rings. The zero-order valence-corrected chi connectivity index (χ0v) is 13.7. The van der Waals surface area contributed by atoms with Gasteiger partial charge in [0, 0.05) is 17.5 Å². The van der Waals surface area contributed by atoms with Crippen LogP contribution in [0.2, 0.25) is 0 Å². The number of rotatable bonds is 4. The molecule has 1 aromatic carbocycles. The minimum absolute atomic E-state index is 0.260. The molecule has 0 radical (unpaired) electrons. The van der Waals surface area contributed by atoms with Gasteiger partial charge in [0.2, 0.25) is 4.80 Å². The predicted octanol–water partition coefficient (Wildman–Crippen LogP) is 4.14. The maximum absolute atomic E-state index is 13.2. The normalized spacial score (nSPS) is 12.8. The second-order valence-electron chi connectivity index (χ2n) is 4.86. The molecule has 0 bridgehead atoms. The monoisotopic (exact) mass is 329 g/mol. The van der Waals surface area contributed by atoms with Crippen molar-refractivity contribution in [3.05, 3.63) is 64.4 Å². The molecule has 0 aliphatic carbocycles. The number of thiazole rings is 1. The second kappa shape index (κ2) is 6.75. The fourth-order valence-electron chi connectivity index (χ4n) is 2.14. The van der Waals surface area contributed by atoms with Crippen molar-refractivity contribution >= 4 is 17.0 Å². The molecule has 3 rings (SSSR count). The Morgan fingerprint density at radius 1 is 1.26 bits per heavy atom. The molecule has 0 unspecified atom stereocenters. The topological polar surface area (TPSA) is 42.8 Å². The molecule has 0 aliphatic heterocycles. The third kappa shape index (κ3) is 3.32. The van der Waals surface area contributed by atoms with Gasteiger partial charge in [-0.05, 0) is 50.2 Å². The summed E-state index contributed by atoms with van der Waals surface area (Å²) >= 11 is 1.50. The molecule has 0 saturated heterocycles. The highest BCUT2D eigenvalue weighted by Crippen LogP contribution is 2.21. The predicted molar refractivity (Wildman–Crippen MR) is 90.1 cm³/mol. The Bertz CT molecular complexity index is 873. The minimum Gasteiger partial charge on any atom is -0.463 e. The SMILES string of the molecule is CCN=c1scc(-c2ccc(F)cc2)n1N=C(C)c1ccco1. The standard InChI is InChI=1S/C17H16FN3OS/c1-3-19-17-21(20-12(2)16-5-4-10-22-16)15(11-23-17)13-6-8-14(18)9-7-13/h4-11H,3H2,1-2H3. The molecule has 0 amide bonds. The van der Waals surface area contributed by atoms with Crippen LogP contribution in [-0.2, 0) is 0 Å². The number of hydrogen-bond donors (Lipinski definition) is 0. The lowest BCUT2D eigenvalue weighted by Gasteiger charge is -2.05. The van der Waals surface area contributed by atoms with Crippen molar-refractivity contribution in [3.63, 3.8) is 0 Å². The highest BCUT2D eigenvalue weighted by atomic mass is 32.1. The van der Waals surface area contributed by atoms with Gasteiger partial charge in [-0.25, -0.2) is 9.07 Å². The number of nitrogens with zero attached hydrogens (tertiary/aromatic N) is 3. The first-order chi connectivity index (χ1) is 11.2. The van der Waals surface area contributed by atoms with E-state index >= 15 is 0 Å². The number of benzene rings is 1. The molecule has 0 saturated carbocycles. The van der Waals surface area contributed by atoms with Crippen molar-refractivity contribution < 1.29 is 8.81 Å². The summed E-state index contributed by atoms with van der Waals surface area (Å²) in [5.74, 6) is 0.445. The molecule has 2 heterocycles. The number of furan rings is 1. The van der Waals surface area contributed by atoms with Crippen molar-refractivity contribution in [1.82, 2.24) is 4.68 Å². The van der Waals surface area contributed by atoms with Crippen molar-refractivity contribution in [2.75, 3.05) is 6.54 Å². The van der Waals surface area contributed by atoms with Crippen LogP contribution in [0, 0.1) is 5.82 Å². The molecular formula is C17H16FN3OS. The van der Waals surface area contributed by atoms with Gasteiger partial charge in [0.25, 0.3) is 0 Å². The molecule has 2 aromatic heterocycles. The summed E-state index contributed by atoms with van der Waals surface area (Å²) in [6.45, 7) is 4.52. The Kier molecular flexibility index (Phi) is 4.52. The van der Waals surface area contributed by atoms with Crippen LogP contribution in [0.4, 0.5) is 4.39 Å². The zero-order chi connectivity index (χ0) is 16.2. The third-order valence-electron chi connectivity index (χ3n) is 3.25. The van der Waals surface area contributed by atoms with Crippen LogP contribution in [0.1, 0.15) is 19.6 Å². The van der Waals surface area contributed by atoms with E-state index in [2.05, 4.69) is 10.1 Å². The van der Waals surface area contributed by atoms with Gasteiger partial charge < -0.3 is 4.42 Å². The van der Waals surface area contributed by atoms with Gasteiger partial charge in [0.1, 0.15) is 17.3 Å². The lowest BCUT2D eigenvalue weighted by molar-refractivity contribution is 0.556. The summed E-state index contributed by atoms with van der Waals surface area (Å²) in [7, 11) is 0. The number of halogens is 1. The van der Waals surface area contributed by atoms with E-state index in [0.29, 0.717) is 12.3 Å². The van der Waals surface area contributed by atoms with Crippen molar-refractivity contribution in [2.45, 2.75) is 13.8 Å². The summed E-state index contributed by atoms with van der Waals surface area (Å²) < 4.78 is 20.3. The van der Waals surface area contributed by atoms with Gasteiger partial charge in [-0.2, -0.15) is 5.10 Å². The molecule has 4 nitrogen and oxygen atoms in total. The van der Waals surface area contributed by atoms with Crippen LogP contribution >= 0.6 is 11.3 Å². The first kappa shape index (κ1) is 15.4. The van der Waals surface area contributed by atoms with Crippen molar-refractivity contribution in [3.8, 4) is 11.3 Å². The molecule has 118 valence electrons. The summed E-state index contributed by atoms with van der Waals surface area (Å²) in [6, 6.07) is 10.0. The molecule has 0 aliphatic rings. The van der Waals surface area contributed by atoms with Gasteiger partial charge in [-0.1, -0.05) is 0 Å². The van der Waals surface area contributed by atoms with E-state index in [0.717, 1.165) is 21.8 Å². The van der Waals surface area contributed by atoms with E-state index in [1.165, 1.54) is 23.5 Å². The van der Waals surface area contributed by atoms with E-state index in [-0.39, 0.29) is 5.82 Å². The molecule has 3 aromatic rings. The largest absolute Gasteiger partial charge is 0.463 e. The van der Waals surface area contributed by atoms with E-state index in [9.17, 15) is 4.39 Å². The molecular weight excluding hydrogens is 313 g/mol. The van der Waals surface area contributed by atoms with Crippen LogP contribution in [-0.4, -0.2) is 16.9 Å². The van der Waals surface area contributed by atoms with Gasteiger partial charge in [0.15, 0.2) is 0 Å². The van der Waals surface area contributed by atoms with E-state index in [4.69, 9.17) is 4.42 Å². The van der Waals surface area contributed by atoms with Crippen LogP contribution in [0.25, 0.3) is 11.3 Å². The average molecular weight is 329 g/mol.